The van der Waals surface area contributed by atoms with Crippen molar-refractivity contribution in [2.75, 3.05) is 13.7 Å². The lowest BCUT2D eigenvalue weighted by Gasteiger charge is -2.08. The van der Waals surface area contributed by atoms with Gasteiger partial charge < -0.3 is 9.47 Å². The van der Waals surface area contributed by atoms with Gasteiger partial charge in [0.2, 0.25) is 0 Å². The van der Waals surface area contributed by atoms with Crippen LogP contribution in [0.1, 0.15) is 18.1 Å². The molecule has 0 bridgehead atoms. The Balaban J connectivity index is 2.89. The average Bonchev–Trinajstić information content (AvgIpc) is 2.23. The molecule has 0 N–H and O–H groups in total. The Morgan fingerprint density at radius 1 is 1.44 bits per heavy atom. The largest absolute Gasteiger partial charge is 0.494 e. The summed E-state index contributed by atoms with van der Waals surface area (Å²) >= 11 is 0. The highest BCUT2D eigenvalue weighted by Crippen LogP contribution is 2.22. The second-order valence-electron chi connectivity index (χ2n) is 3.41. The number of esters is 1. The van der Waals surface area contributed by atoms with E-state index in [1.807, 2.05) is 0 Å². The molecule has 16 heavy (non-hydrogen) atoms. The van der Waals surface area contributed by atoms with E-state index in [2.05, 4.69) is 0 Å². The zero-order chi connectivity index (χ0) is 12.1. The van der Waals surface area contributed by atoms with Crippen molar-refractivity contribution in [3.05, 3.63) is 29.1 Å². The fourth-order valence-electron chi connectivity index (χ4n) is 1.44. The van der Waals surface area contributed by atoms with Crippen LogP contribution in [0.3, 0.4) is 0 Å². The van der Waals surface area contributed by atoms with Crippen LogP contribution in [0, 0.1) is 12.7 Å². The third-order valence-electron chi connectivity index (χ3n) is 2.15. The van der Waals surface area contributed by atoms with Crippen LogP contribution < -0.4 is 4.74 Å². The molecule has 0 saturated carbocycles. The summed E-state index contributed by atoms with van der Waals surface area (Å²) in [5.74, 6) is -0.565. The van der Waals surface area contributed by atoms with Gasteiger partial charge in [0.1, 0.15) is 0 Å². The number of carbonyl (C=O) groups excluding carboxylic acids is 1. The van der Waals surface area contributed by atoms with Crippen molar-refractivity contribution in [3.63, 3.8) is 0 Å². The topological polar surface area (TPSA) is 35.5 Å². The molecule has 0 spiro atoms. The molecular weight excluding hydrogens is 211 g/mol. The van der Waals surface area contributed by atoms with Crippen LogP contribution in [0.15, 0.2) is 12.1 Å². The summed E-state index contributed by atoms with van der Waals surface area (Å²) in [6.45, 7) is 3.72. The van der Waals surface area contributed by atoms with Crippen molar-refractivity contribution in [3.8, 4) is 5.75 Å². The highest BCUT2D eigenvalue weighted by atomic mass is 19.1. The van der Waals surface area contributed by atoms with Crippen LogP contribution in [0.2, 0.25) is 0 Å². The highest BCUT2D eigenvalue weighted by Gasteiger charge is 2.11. The zero-order valence-corrected chi connectivity index (χ0v) is 9.67. The van der Waals surface area contributed by atoms with Gasteiger partial charge in [0.05, 0.1) is 20.1 Å². The second-order valence-corrected chi connectivity index (χ2v) is 3.41. The van der Waals surface area contributed by atoms with Crippen molar-refractivity contribution in [1.29, 1.82) is 0 Å². The predicted octanol–water partition coefficient (Wildman–Crippen LogP) is 2.25. The third-order valence-corrected chi connectivity index (χ3v) is 2.15. The first kappa shape index (κ1) is 12.5. The van der Waals surface area contributed by atoms with Crippen molar-refractivity contribution >= 4 is 5.97 Å². The molecule has 1 aromatic rings. The van der Waals surface area contributed by atoms with Crippen LogP contribution in [-0.2, 0) is 16.0 Å². The first-order chi connectivity index (χ1) is 7.58. The Kier molecular flexibility index (Phi) is 4.28. The van der Waals surface area contributed by atoms with Crippen LogP contribution >= 0.6 is 0 Å². The van der Waals surface area contributed by atoms with Gasteiger partial charge in [-0.2, -0.15) is 0 Å². The third kappa shape index (κ3) is 2.95. The van der Waals surface area contributed by atoms with Crippen molar-refractivity contribution in [1.82, 2.24) is 0 Å². The van der Waals surface area contributed by atoms with E-state index >= 15 is 0 Å². The second kappa shape index (κ2) is 5.49. The summed E-state index contributed by atoms with van der Waals surface area (Å²) in [7, 11) is 1.39. The van der Waals surface area contributed by atoms with E-state index in [-0.39, 0.29) is 18.1 Å². The zero-order valence-electron chi connectivity index (χ0n) is 9.67. The average molecular weight is 226 g/mol. The number of hydrogen-bond donors (Lipinski definition) is 0. The smallest absolute Gasteiger partial charge is 0.310 e. The lowest BCUT2D eigenvalue weighted by Crippen LogP contribution is -2.08. The lowest BCUT2D eigenvalue weighted by molar-refractivity contribution is -0.142. The summed E-state index contributed by atoms with van der Waals surface area (Å²) in [4.78, 5) is 11.3. The molecular formula is C12H15FO3. The summed E-state index contributed by atoms with van der Waals surface area (Å²) < 4.78 is 23.1. The number of ether oxygens (including phenoxy) is 2. The first-order valence-electron chi connectivity index (χ1n) is 5.07. The molecule has 0 aliphatic carbocycles. The van der Waals surface area contributed by atoms with E-state index in [4.69, 9.17) is 9.47 Å². The van der Waals surface area contributed by atoms with Gasteiger partial charge in [0.15, 0.2) is 11.6 Å². The fourth-order valence-corrected chi connectivity index (χ4v) is 1.44. The number of aryl methyl sites for hydroxylation is 1. The summed E-state index contributed by atoms with van der Waals surface area (Å²) in [6, 6.07) is 3.13. The molecule has 3 nitrogen and oxygen atoms in total. The maximum absolute atomic E-state index is 13.4. The SMILES string of the molecule is CCOC(=O)Cc1cc(C)c(F)c(OC)c1. The summed E-state index contributed by atoms with van der Waals surface area (Å²) in [5, 5.41) is 0. The fraction of sp³-hybridized carbons (Fsp3) is 0.417. The summed E-state index contributed by atoms with van der Waals surface area (Å²) in [6.07, 6.45) is 0.130. The molecule has 0 saturated heterocycles. The minimum atomic E-state index is -0.393. The van der Waals surface area contributed by atoms with Crippen LogP contribution in [0.4, 0.5) is 4.39 Å². The molecule has 0 aromatic heterocycles. The predicted molar refractivity (Wildman–Crippen MR) is 58.0 cm³/mol. The highest BCUT2D eigenvalue weighted by molar-refractivity contribution is 5.72. The first-order valence-corrected chi connectivity index (χ1v) is 5.07. The van der Waals surface area contributed by atoms with E-state index in [0.29, 0.717) is 17.7 Å². The molecule has 0 aliphatic rings. The standard InChI is InChI=1S/C12H15FO3/c1-4-16-11(14)7-9-5-8(2)12(13)10(6-9)15-3/h5-6H,4,7H2,1-3H3. The molecule has 0 heterocycles. The monoisotopic (exact) mass is 226 g/mol. The minimum absolute atomic E-state index is 0.130. The van der Waals surface area contributed by atoms with Crippen molar-refractivity contribution in [2.45, 2.75) is 20.3 Å². The van der Waals surface area contributed by atoms with E-state index in [0.717, 1.165) is 0 Å². The van der Waals surface area contributed by atoms with Gasteiger partial charge in [0.25, 0.3) is 0 Å². The van der Waals surface area contributed by atoms with Gasteiger partial charge in [-0.1, -0.05) is 6.07 Å². The Hall–Kier alpha value is -1.58. The molecule has 0 amide bonds. The Morgan fingerprint density at radius 3 is 2.69 bits per heavy atom. The minimum Gasteiger partial charge on any atom is -0.494 e. The lowest BCUT2D eigenvalue weighted by atomic mass is 10.1. The molecule has 1 aromatic carbocycles. The van der Waals surface area contributed by atoms with E-state index in [1.54, 1.807) is 19.9 Å². The number of methoxy groups -OCH3 is 1. The Labute approximate surface area is 94.2 Å². The van der Waals surface area contributed by atoms with Gasteiger partial charge in [0, 0.05) is 0 Å². The van der Waals surface area contributed by atoms with Gasteiger partial charge in [-0.25, -0.2) is 4.39 Å². The van der Waals surface area contributed by atoms with Crippen LogP contribution in [0.25, 0.3) is 0 Å². The van der Waals surface area contributed by atoms with Gasteiger partial charge in [-0.15, -0.1) is 0 Å². The van der Waals surface area contributed by atoms with E-state index in [9.17, 15) is 9.18 Å². The molecule has 88 valence electrons. The van der Waals surface area contributed by atoms with Crippen LogP contribution in [0.5, 0.6) is 5.75 Å². The molecule has 0 unspecified atom stereocenters. The molecule has 4 heteroatoms. The number of hydrogen-bond acceptors (Lipinski definition) is 3. The molecule has 0 radical (unpaired) electrons. The Bertz CT molecular complexity index is 388. The Morgan fingerprint density at radius 2 is 2.12 bits per heavy atom. The van der Waals surface area contributed by atoms with Gasteiger partial charge in [-0.3, -0.25) is 4.79 Å². The van der Waals surface area contributed by atoms with Gasteiger partial charge >= 0.3 is 5.97 Å². The van der Waals surface area contributed by atoms with Crippen molar-refractivity contribution < 1.29 is 18.7 Å². The maximum atomic E-state index is 13.4. The van der Waals surface area contributed by atoms with E-state index < -0.39 is 5.82 Å². The quantitative estimate of drug-likeness (QED) is 0.739. The molecule has 0 atom stereocenters. The molecule has 0 fully saturated rings. The molecule has 0 aliphatic heterocycles. The number of halogens is 1. The van der Waals surface area contributed by atoms with E-state index in [1.165, 1.54) is 13.2 Å². The normalized spacial score (nSPS) is 10.0. The number of benzene rings is 1. The van der Waals surface area contributed by atoms with Crippen molar-refractivity contribution in [2.24, 2.45) is 0 Å². The number of rotatable bonds is 4. The van der Waals surface area contributed by atoms with Gasteiger partial charge in [-0.05, 0) is 31.0 Å². The number of carbonyl (C=O) groups is 1. The summed E-state index contributed by atoms with van der Waals surface area (Å²) in [5.41, 5.74) is 1.15. The molecule has 1 rings (SSSR count). The maximum Gasteiger partial charge on any atom is 0.310 e. The van der Waals surface area contributed by atoms with Crippen LogP contribution in [-0.4, -0.2) is 19.7 Å².